The molecular weight excluding hydrogens is 579 g/mol. The summed E-state index contributed by atoms with van der Waals surface area (Å²) in [5.41, 5.74) is 8.09. The van der Waals surface area contributed by atoms with E-state index >= 15 is 0 Å². The first-order valence-electron chi connectivity index (χ1n) is 15.7. The second-order valence-corrected chi connectivity index (χ2v) is 11.8. The van der Waals surface area contributed by atoms with E-state index in [1.807, 2.05) is 80.6 Å². The van der Waals surface area contributed by atoms with Crippen LogP contribution in [-0.4, -0.2) is 39.8 Å². The van der Waals surface area contributed by atoms with Crippen molar-refractivity contribution in [3.05, 3.63) is 125 Å². The monoisotopic (exact) mass is 619 g/mol. The molecule has 0 radical (unpaired) electrons. The zero-order valence-electron chi connectivity index (χ0n) is 26.3. The molecule has 1 aromatic heterocycles. The Morgan fingerprint density at radius 1 is 0.911 bits per heavy atom. The fraction of sp³-hybridized carbons (Fsp3) is 0.289. The average molecular weight is 620 g/mol. The van der Waals surface area contributed by atoms with Crippen LogP contribution < -0.4 is 5.32 Å². The number of esters is 1. The molecule has 5 rings (SSSR count). The van der Waals surface area contributed by atoms with E-state index in [2.05, 4.69) is 53.7 Å². The van der Waals surface area contributed by atoms with Crippen molar-refractivity contribution in [2.45, 2.75) is 59.0 Å². The third-order valence-corrected chi connectivity index (χ3v) is 8.37. The van der Waals surface area contributed by atoms with Gasteiger partial charge in [0.1, 0.15) is 5.82 Å². The second kappa shape index (κ2) is 15.1. The van der Waals surface area contributed by atoms with Gasteiger partial charge in [-0.2, -0.15) is 12.6 Å². The predicted octanol–water partition coefficient (Wildman–Crippen LogP) is 7.85. The number of aromatic nitrogens is 2. The van der Waals surface area contributed by atoms with Gasteiger partial charge < -0.3 is 14.6 Å². The van der Waals surface area contributed by atoms with Crippen molar-refractivity contribution in [1.82, 2.24) is 14.9 Å². The molecule has 0 unspecified atom stereocenters. The number of amides is 1. The van der Waals surface area contributed by atoms with Crippen LogP contribution in [0.15, 0.2) is 91.0 Å². The number of benzene rings is 4. The number of carbonyl (C=O) groups excluding carboxylic acids is 2. The van der Waals surface area contributed by atoms with Gasteiger partial charge in [0, 0.05) is 30.3 Å². The summed E-state index contributed by atoms with van der Waals surface area (Å²) in [6.07, 6.45) is 3.29. The summed E-state index contributed by atoms with van der Waals surface area (Å²) in [6.45, 7) is 7.17. The molecule has 0 aliphatic carbocycles. The van der Waals surface area contributed by atoms with Crippen LogP contribution in [-0.2, 0) is 24.1 Å². The molecule has 0 aliphatic heterocycles. The Labute approximate surface area is 271 Å². The predicted molar refractivity (Wildman–Crippen MR) is 185 cm³/mol. The standard InChI is InChI=1S/C38H41N3O3S/c1-4-11-35-40-36-26(3)21-30(37(42)39-31(25-45)22-27-12-7-6-8-13-27)23-34(36)41(35)24-28-16-18-29(19-17-28)32-14-9-10-15-33(32)38(43)44-20-5-2/h6-10,12-19,21,23,31,45H,4-5,11,20,22,24-25H2,1-3H3,(H,39,42)/t31-/m1/s1. The van der Waals surface area contributed by atoms with Crippen LogP contribution in [0.5, 0.6) is 0 Å². The topological polar surface area (TPSA) is 73.2 Å². The van der Waals surface area contributed by atoms with Crippen LogP contribution in [0.25, 0.3) is 22.2 Å². The minimum absolute atomic E-state index is 0.0862. The summed E-state index contributed by atoms with van der Waals surface area (Å²) in [5, 5.41) is 3.19. The van der Waals surface area contributed by atoms with E-state index in [4.69, 9.17) is 9.72 Å². The van der Waals surface area contributed by atoms with E-state index in [0.717, 1.165) is 70.4 Å². The van der Waals surface area contributed by atoms with Gasteiger partial charge in [0.25, 0.3) is 5.91 Å². The number of nitrogens with one attached hydrogen (secondary N) is 1. The number of fused-ring (bicyclic) bond motifs is 1. The van der Waals surface area contributed by atoms with Crippen molar-refractivity contribution >= 4 is 35.5 Å². The highest BCUT2D eigenvalue weighted by atomic mass is 32.1. The van der Waals surface area contributed by atoms with E-state index in [9.17, 15) is 9.59 Å². The Morgan fingerprint density at radius 2 is 1.64 bits per heavy atom. The molecule has 0 spiro atoms. The van der Waals surface area contributed by atoms with E-state index < -0.39 is 0 Å². The molecule has 1 amide bonds. The van der Waals surface area contributed by atoms with Crippen molar-refractivity contribution < 1.29 is 14.3 Å². The lowest BCUT2D eigenvalue weighted by Gasteiger charge is -2.17. The van der Waals surface area contributed by atoms with Gasteiger partial charge in [-0.3, -0.25) is 4.79 Å². The lowest BCUT2D eigenvalue weighted by Crippen LogP contribution is -2.37. The minimum atomic E-state index is -0.304. The smallest absolute Gasteiger partial charge is 0.338 e. The van der Waals surface area contributed by atoms with Gasteiger partial charge >= 0.3 is 5.97 Å². The third kappa shape index (κ3) is 7.66. The number of ether oxygens (including phenoxy) is 1. The van der Waals surface area contributed by atoms with Crippen molar-refractivity contribution in [2.75, 3.05) is 12.4 Å². The largest absolute Gasteiger partial charge is 0.462 e. The first kappa shape index (κ1) is 32.0. The summed E-state index contributed by atoms with van der Waals surface area (Å²) in [5.74, 6) is 1.13. The molecular formula is C38H41N3O3S. The normalized spacial score (nSPS) is 11.8. The molecule has 7 heteroatoms. The van der Waals surface area contributed by atoms with Crippen molar-refractivity contribution in [3.8, 4) is 11.1 Å². The number of nitrogens with zero attached hydrogens (tertiary/aromatic N) is 2. The Morgan fingerprint density at radius 3 is 2.36 bits per heavy atom. The Hall–Kier alpha value is -4.36. The minimum Gasteiger partial charge on any atom is -0.462 e. The molecule has 0 fully saturated rings. The lowest BCUT2D eigenvalue weighted by atomic mass is 9.98. The maximum absolute atomic E-state index is 13.5. The molecule has 0 bridgehead atoms. The molecule has 5 aromatic rings. The van der Waals surface area contributed by atoms with Crippen LogP contribution in [0, 0.1) is 6.92 Å². The zero-order chi connectivity index (χ0) is 31.8. The summed E-state index contributed by atoms with van der Waals surface area (Å²) >= 11 is 4.52. The van der Waals surface area contributed by atoms with Gasteiger partial charge in [-0.1, -0.05) is 86.6 Å². The maximum Gasteiger partial charge on any atom is 0.338 e. The van der Waals surface area contributed by atoms with Crippen molar-refractivity contribution in [2.24, 2.45) is 0 Å². The molecule has 4 aromatic carbocycles. The summed E-state index contributed by atoms with van der Waals surface area (Å²) < 4.78 is 7.65. The van der Waals surface area contributed by atoms with Crippen LogP contribution >= 0.6 is 12.6 Å². The Kier molecular flexibility index (Phi) is 10.7. The van der Waals surface area contributed by atoms with Crippen molar-refractivity contribution in [1.29, 1.82) is 0 Å². The van der Waals surface area contributed by atoms with Gasteiger partial charge in [-0.15, -0.1) is 0 Å². The average Bonchev–Trinajstić information content (AvgIpc) is 3.41. The highest BCUT2D eigenvalue weighted by Gasteiger charge is 2.19. The molecule has 0 saturated heterocycles. The zero-order valence-corrected chi connectivity index (χ0v) is 27.1. The maximum atomic E-state index is 13.5. The van der Waals surface area contributed by atoms with Gasteiger partial charge in [0.2, 0.25) is 0 Å². The molecule has 6 nitrogen and oxygen atoms in total. The van der Waals surface area contributed by atoms with Crippen molar-refractivity contribution in [3.63, 3.8) is 0 Å². The third-order valence-electron chi connectivity index (χ3n) is 7.93. The highest BCUT2D eigenvalue weighted by molar-refractivity contribution is 7.80. The highest BCUT2D eigenvalue weighted by Crippen LogP contribution is 2.27. The van der Waals surface area contributed by atoms with E-state index in [1.165, 1.54) is 0 Å². The van der Waals surface area contributed by atoms with E-state index in [0.29, 0.717) is 30.0 Å². The van der Waals surface area contributed by atoms with Crippen LogP contribution in [0.4, 0.5) is 0 Å². The summed E-state index contributed by atoms with van der Waals surface area (Å²) in [4.78, 5) is 31.2. The number of aryl methyl sites for hydroxylation is 2. The van der Waals surface area contributed by atoms with Gasteiger partial charge in [0.05, 0.1) is 23.2 Å². The molecule has 0 aliphatic rings. The van der Waals surface area contributed by atoms with Gasteiger partial charge in [-0.25, -0.2) is 9.78 Å². The summed E-state index contributed by atoms with van der Waals surface area (Å²) in [7, 11) is 0. The Balaban J connectivity index is 1.42. The number of rotatable bonds is 13. The van der Waals surface area contributed by atoms with Gasteiger partial charge in [0.15, 0.2) is 0 Å². The molecule has 0 saturated carbocycles. The molecule has 1 atom stereocenters. The number of imidazole rings is 1. The van der Waals surface area contributed by atoms with Crippen LogP contribution in [0.2, 0.25) is 0 Å². The molecule has 232 valence electrons. The fourth-order valence-electron chi connectivity index (χ4n) is 5.65. The first-order chi connectivity index (χ1) is 21.9. The first-order valence-corrected chi connectivity index (χ1v) is 16.4. The summed E-state index contributed by atoms with van der Waals surface area (Å²) in [6, 6.07) is 29.8. The van der Waals surface area contributed by atoms with Crippen LogP contribution in [0.1, 0.15) is 69.9 Å². The number of carbonyl (C=O) groups is 2. The second-order valence-electron chi connectivity index (χ2n) is 11.4. The molecule has 45 heavy (non-hydrogen) atoms. The Bertz CT molecular complexity index is 1760. The SMILES string of the molecule is CCCOC(=O)c1ccccc1-c1ccc(Cn2c(CCC)nc3c(C)cc(C(=O)N[C@@H](CS)Cc4ccccc4)cc32)cc1. The molecule has 1 N–H and O–H groups in total. The number of hydrogen-bond acceptors (Lipinski definition) is 5. The number of thiol groups is 1. The number of hydrogen-bond donors (Lipinski definition) is 2. The molecule has 1 heterocycles. The lowest BCUT2D eigenvalue weighted by molar-refractivity contribution is 0.0506. The van der Waals surface area contributed by atoms with Crippen LogP contribution in [0.3, 0.4) is 0 Å². The van der Waals surface area contributed by atoms with E-state index in [-0.39, 0.29) is 17.9 Å². The quantitative estimate of drug-likeness (QED) is 0.104. The fourth-order valence-corrected chi connectivity index (χ4v) is 5.87. The van der Waals surface area contributed by atoms with Gasteiger partial charge in [-0.05, 0) is 72.2 Å². The van der Waals surface area contributed by atoms with E-state index in [1.54, 1.807) is 0 Å².